The standard InChI is InChI=1S/C23H20N4O3/c1-4-29-16-11-8-12-17-20(16)25-22(30-17)19-13(2)24-21-18(15-9-6-5-7-10-15)14(3)26-27(21)23(19)28/h5-12,26H,4H2,1-3H3. The SMILES string of the molecule is CCOc1cccc2oc(-c3c(C)nc4c(-c5ccccc5)c(C)[nH]n4c3=O)nc12. The van der Waals surface area contributed by atoms with Crippen LogP contribution in [0.15, 0.2) is 57.7 Å². The summed E-state index contributed by atoms with van der Waals surface area (Å²) in [7, 11) is 0. The van der Waals surface area contributed by atoms with Gasteiger partial charge in [-0.25, -0.2) is 14.5 Å². The highest BCUT2D eigenvalue weighted by Crippen LogP contribution is 2.31. The van der Waals surface area contributed by atoms with E-state index < -0.39 is 0 Å². The smallest absolute Gasteiger partial charge is 0.285 e. The number of oxazole rings is 1. The van der Waals surface area contributed by atoms with E-state index in [-0.39, 0.29) is 11.4 Å². The van der Waals surface area contributed by atoms with Crippen LogP contribution < -0.4 is 10.3 Å². The maximum Gasteiger partial charge on any atom is 0.285 e. The fraction of sp³-hybridized carbons (Fsp3) is 0.174. The molecule has 0 bridgehead atoms. The number of H-pyrrole nitrogens is 1. The molecule has 5 rings (SSSR count). The summed E-state index contributed by atoms with van der Waals surface area (Å²) in [5.74, 6) is 0.856. The molecule has 0 saturated carbocycles. The van der Waals surface area contributed by atoms with E-state index in [9.17, 15) is 4.79 Å². The van der Waals surface area contributed by atoms with Crippen LogP contribution in [0.1, 0.15) is 18.3 Å². The zero-order valence-electron chi connectivity index (χ0n) is 16.9. The fourth-order valence-electron chi connectivity index (χ4n) is 3.79. The number of ether oxygens (including phenoxy) is 1. The molecule has 1 N–H and O–H groups in total. The molecule has 0 fully saturated rings. The van der Waals surface area contributed by atoms with Gasteiger partial charge in [-0.3, -0.25) is 9.89 Å². The summed E-state index contributed by atoms with van der Waals surface area (Å²) in [6.45, 7) is 6.15. The molecule has 7 nitrogen and oxygen atoms in total. The van der Waals surface area contributed by atoms with E-state index in [1.807, 2.05) is 56.3 Å². The Kier molecular flexibility index (Phi) is 4.17. The number of fused-ring (bicyclic) bond motifs is 2. The predicted octanol–water partition coefficient (Wildman–Crippen LogP) is 4.51. The molecule has 5 aromatic rings. The molecule has 0 radical (unpaired) electrons. The van der Waals surface area contributed by atoms with Gasteiger partial charge < -0.3 is 9.15 Å². The monoisotopic (exact) mass is 400 g/mol. The Labute approximate surface area is 172 Å². The minimum absolute atomic E-state index is 0.232. The Morgan fingerprint density at radius 1 is 1.03 bits per heavy atom. The molecular formula is C23H20N4O3. The lowest BCUT2D eigenvalue weighted by molar-refractivity contribution is 0.343. The summed E-state index contributed by atoms with van der Waals surface area (Å²) in [5, 5.41) is 3.14. The highest BCUT2D eigenvalue weighted by molar-refractivity contribution is 5.83. The van der Waals surface area contributed by atoms with E-state index in [0.29, 0.717) is 40.4 Å². The Morgan fingerprint density at radius 2 is 1.83 bits per heavy atom. The van der Waals surface area contributed by atoms with E-state index in [1.54, 1.807) is 13.0 Å². The van der Waals surface area contributed by atoms with Crippen molar-refractivity contribution in [3.63, 3.8) is 0 Å². The lowest BCUT2D eigenvalue weighted by Crippen LogP contribution is -2.19. The number of benzene rings is 2. The molecule has 0 aliphatic heterocycles. The first-order valence-electron chi connectivity index (χ1n) is 9.78. The fourth-order valence-corrected chi connectivity index (χ4v) is 3.79. The second-order valence-electron chi connectivity index (χ2n) is 7.07. The van der Waals surface area contributed by atoms with Crippen LogP contribution in [0.3, 0.4) is 0 Å². The molecule has 30 heavy (non-hydrogen) atoms. The van der Waals surface area contributed by atoms with E-state index in [4.69, 9.17) is 14.1 Å². The number of rotatable bonds is 4. The number of aromatic amines is 1. The third-order valence-electron chi connectivity index (χ3n) is 5.10. The second kappa shape index (κ2) is 6.88. The highest BCUT2D eigenvalue weighted by Gasteiger charge is 2.22. The van der Waals surface area contributed by atoms with Crippen LogP contribution in [0.2, 0.25) is 0 Å². The highest BCUT2D eigenvalue weighted by atomic mass is 16.5. The van der Waals surface area contributed by atoms with Crippen molar-refractivity contribution in [2.75, 3.05) is 6.61 Å². The first-order valence-corrected chi connectivity index (χ1v) is 9.78. The molecule has 3 aromatic heterocycles. The average Bonchev–Trinajstić information content (AvgIpc) is 3.30. The van der Waals surface area contributed by atoms with Crippen molar-refractivity contribution in [3.8, 4) is 28.3 Å². The Hall–Kier alpha value is -3.87. The number of hydrogen-bond donors (Lipinski definition) is 1. The van der Waals surface area contributed by atoms with E-state index in [2.05, 4.69) is 10.1 Å². The van der Waals surface area contributed by atoms with Crippen molar-refractivity contribution < 1.29 is 9.15 Å². The Balaban J connectivity index is 1.75. The molecule has 0 atom stereocenters. The molecule has 2 aromatic carbocycles. The van der Waals surface area contributed by atoms with Crippen LogP contribution >= 0.6 is 0 Å². The number of aromatic nitrogens is 4. The van der Waals surface area contributed by atoms with Gasteiger partial charge in [-0.05, 0) is 38.5 Å². The van der Waals surface area contributed by atoms with Crippen LogP contribution in [0.25, 0.3) is 39.3 Å². The van der Waals surface area contributed by atoms with Gasteiger partial charge in [0.05, 0.1) is 12.3 Å². The first-order chi connectivity index (χ1) is 14.6. The molecule has 0 spiro atoms. The maximum atomic E-state index is 13.4. The summed E-state index contributed by atoms with van der Waals surface area (Å²) in [6, 6.07) is 15.4. The zero-order valence-corrected chi connectivity index (χ0v) is 16.9. The minimum atomic E-state index is -0.257. The lowest BCUT2D eigenvalue weighted by atomic mass is 10.1. The van der Waals surface area contributed by atoms with Crippen molar-refractivity contribution in [2.45, 2.75) is 20.8 Å². The van der Waals surface area contributed by atoms with Gasteiger partial charge in [0.2, 0.25) is 5.89 Å². The zero-order chi connectivity index (χ0) is 20.8. The van der Waals surface area contributed by atoms with Crippen LogP contribution in [0.5, 0.6) is 5.75 Å². The molecule has 0 amide bonds. The predicted molar refractivity (Wildman–Crippen MR) is 115 cm³/mol. The summed E-state index contributed by atoms with van der Waals surface area (Å²) in [6.07, 6.45) is 0. The van der Waals surface area contributed by atoms with Crippen molar-refractivity contribution in [3.05, 3.63) is 70.3 Å². The van der Waals surface area contributed by atoms with Gasteiger partial charge in [-0.1, -0.05) is 36.4 Å². The third-order valence-corrected chi connectivity index (χ3v) is 5.10. The van der Waals surface area contributed by atoms with E-state index in [1.165, 1.54) is 4.52 Å². The van der Waals surface area contributed by atoms with Crippen molar-refractivity contribution >= 4 is 16.7 Å². The summed E-state index contributed by atoms with van der Waals surface area (Å²) >= 11 is 0. The van der Waals surface area contributed by atoms with Crippen molar-refractivity contribution in [2.24, 2.45) is 0 Å². The van der Waals surface area contributed by atoms with Crippen molar-refractivity contribution in [1.29, 1.82) is 0 Å². The first kappa shape index (κ1) is 18.2. The van der Waals surface area contributed by atoms with Crippen molar-refractivity contribution in [1.82, 2.24) is 19.6 Å². The topological polar surface area (TPSA) is 85.4 Å². The molecule has 150 valence electrons. The van der Waals surface area contributed by atoms with Gasteiger partial charge in [0.15, 0.2) is 16.7 Å². The number of para-hydroxylation sites is 1. The summed E-state index contributed by atoms with van der Waals surface area (Å²) in [4.78, 5) is 22.7. The van der Waals surface area contributed by atoms with E-state index in [0.717, 1.165) is 16.8 Å². The summed E-state index contributed by atoms with van der Waals surface area (Å²) < 4.78 is 13.0. The van der Waals surface area contributed by atoms with Gasteiger partial charge in [0.1, 0.15) is 11.3 Å². The molecule has 7 heteroatoms. The average molecular weight is 400 g/mol. The Morgan fingerprint density at radius 3 is 2.60 bits per heavy atom. The summed E-state index contributed by atoms with van der Waals surface area (Å²) in [5.41, 5.74) is 5.11. The maximum absolute atomic E-state index is 13.4. The van der Waals surface area contributed by atoms with Gasteiger partial charge in [-0.2, -0.15) is 0 Å². The largest absolute Gasteiger partial charge is 0.491 e. The molecule has 0 aliphatic rings. The number of nitrogens with one attached hydrogen (secondary N) is 1. The van der Waals surface area contributed by atoms with Gasteiger partial charge in [0.25, 0.3) is 5.56 Å². The molecule has 3 heterocycles. The third kappa shape index (κ3) is 2.70. The molecule has 0 saturated heterocycles. The van der Waals surface area contributed by atoms with Gasteiger partial charge in [0, 0.05) is 11.3 Å². The van der Waals surface area contributed by atoms with Gasteiger partial charge >= 0.3 is 0 Å². The number of hydrogen-bond acceptors (Lipinski definition) is 5. The number of aryl methyl sites for hydroxylation is 2. The number of nitrogens with zero attached hydrogens (tertiary/aromatic N) is 3. The lowest BCUT2D eigenvalue weighted by Gasteiger charge is -2.04. The van der Waals surface area contributed by atoms with Crippen LogP contribution in [-0.2, 0) is 0 Å². The van der Waals surface area contributed by atoms with Crippen LogP contribution in [0, 0.1) is 13.8 Å². The molecule has 0 unspecified atom stereocenters. The van der Waals surface area contributed by atoms with E-state index >= 15 is 0 Å². The Bertz CT molecular complexity index is 1440. The minimum Gasteiger partial charge on any atom is -0.491 e. The normalized spacial score (nSPS) is 11.4. The van der Waals surface area contributed by atoms with Gasteiger partial charge in [-0.15, -0.1) is 0 Å². The van der Waals surface area contributed by atoms with Crippen LogP contribution in [0.4, 0.5) is 0 Å². The van der Waals surface area contributed by atoms with Crippen LogP contribution in [-0.4, -0.2) is 26.2 Å². The quantitative estimate of drug-likeness (QED) is 0.480. The molecule has 0 aliphatic carbocycles. The second-order valence-corrected chi connectivity index (χ2v) is 7.07. The molecular weight excluding hydrogens is 380 g/mol.